The maximum Gasteiger partial charge on any atom is 0.0965 e. The molecule has 0 bridgehead atoms. The molecule has 0 spiro atoms. The molecule has 0 aromatic carbocycles. The van der Waals surface area contributed by atoms with E-state index in [-0.39, 0.29) is 5.54 Å². The average Bonchev–Trinajstić information content (AvgIpc) is 2.86. The molecule has 0 radical (unpaired) electrons. The molecule has 0 atom stereocenters. The molecular formula is C11H17N5S. The monoisotopic (exact) mass is 251 g/mol. The van der Waals surface area contributed by atoms with Crippen LogP contribution in [0.5, 0.6) is 0 Å². The number of aromatic nitrogens is 4. The summed E-state index contributed by atoms with van der Waals surface area (Å²) in [6.45, 7) is 7.80. The van der Waals surface area contributed by atoms with Crippen molar-refractivity contribution < 1.29 is 0 Å². The predicted octanol–water partition coefficient (Wildman–Crippen LogP) is 1.78. The lowest BCUT2D eigenvalue weighted by Gasteiger charge is -2.17. The minimum Gasteiger partial charge on any atom is -0.305 e. The number of hydrogen-bond acceptors (Lipinski definition) is 5. The van der Waals surface area contributed by atoms with Crippen LogP contribution in [0.2, 0.25) is 0 Å². The van der Waals surface area contributed by atoms with E-state index >= 15 is 0 Å². The van der Waals surface area contributed by atoms with Crippen LogP contribution in [0.4, 0.5) is 0 Å². The van der Waals surface area contributed by atoms with Crippen LogP contribution in [0.15, 0.2) is 17.1 Å². The van der Waals surface area contributed by atoms with Crippen molar-refractivity contribution in [2.75, 3.05) is 0 Å². The zero-order valence-electron chi connectivity index (χ0n) is 10.3. The number of nitrogens with zero attached hydrogens (tertiary/aromatic N) is 4. The number of hydrogen-bond donors (Lipinski definition) is 1. The van der Waals surface area contributed by atoms with Gasteiger partial charge in [-0.15, -0.1) is 16.4 Å². The first-order valence-corrected chi connectivity index (χ1v) is 6.49. The van der Waals surface area contributed by atoms with Gasteiger partial charge in [0.15, 0.2) is 0 Å². The molecule has 2 aromatic heterocycles. The molecule has 5 nitrogen and oxygen atoms in total. The van der Waals surface area contributed by atoms with Gasteiger partial charge in [0, 0.05) is 18.5 Å². The summed E-state index contributed by atoms with van der Waals surface area (Å²) in [6.07, 6.45) is 1.98. The minimum absolute atomic E-state index is 0.0137. The average molecular weight is 251 g/mol. The Morgan fingerprint density at radius 3 is 2.65 bits per heavy atom. The van der Waals surface area contributed by atoms with Crippen molar-refractivity contribution in [2.45, 2.75) is 39.4 Å². The maximum atomic E-state index is 4.21. The molecular weight excluding hydrogens is 234 g/mol. The summed E-state index contributed by atoms with van der Waals surface area (Å²) < 4.78 is 1.88. The Balaban J connectivity index is 1.85. The predicted molar refractivity (Wildman–Crippen MR) is 67.7 cm³/mol. The largest absolute Gasteiger partial charge is 0.305 e. The molecule has 1 N–H and O–H groups in total. The Morgan fingerprint density at radius 2 is 2.06 bits per heavy atom. The van der Waals surface area contributed by atoms with Crippen molar-refractivity contribution in [3.05, 3.63) is 28.5 Å². The summed E-state index contributed by atoms with van der Waals surface area (Å²) in [6, 6.07) is 0. The molecule has 92 valence electrons. The Hall–Kier alpha value is -1.27. The van der Waals surface area contributed by atoms with Gasteiger partial charge in [-0.25, -0.2) is 9.67 Å². The highest BCUT2D eigenvalue weighted by Gasteiger charge is 2.14. The molecule has 0 aliphatic carbocycles. The van der Waals surface area contributed by atoms with Crippen LogP contribution in [-0.2, 0) is 18.6 Å². The van der Waals surface area contributed by atoms with Gasteiger partial charge in [-0.3, -0.25) is 0 Å². The second-order valence-corrected chi connectivity index (χ2v) is 5.63. The summed E-state index contributed by atoms with van der Waals surface area (Å²) in [5, 5.41) is 13.6. The van der Waals surface area contributed by atoms with Gasteiger partial charge in [-0.1, -0.05) is 5.21 Å². The lowest BCUT2D eigenvalue weighted by molar-refractivity contribution is 0.347. The fraction of sp³-hybridized carbons (Fsp3) is 0.545. The minimum atomic E-state index is -0.0137. The normalized spacial score (nSPS) is 11.9. The van der Waals surface area contributed by atoms with Gasteiger partial charge < -0.3 is 5.32 Å². The van der Waals surface area contributed by atoms with Gasteiger partial charge in [0.1, 0.15) is 0 Å². The van der Waals surface area contributed by atoms with Crippen LogP contribution in [0, 0.1) is 0 Å². The summed E-state index contributed by atoms with van der Waals surface area (Å²) in [4.78, 5) is 4.21. The van der Waals surface area contributed by atoms with Gasteiger partial charge in [-0.05, 0) is 20.8 Å². The van der Waals surface area contributed by atoms with Crippen molar-refractivity contribution in [3.63, 3.8) is 0 Å². The van der Waals surface area contributed by atoms with Crippen LogP contribution < -0.4 is 5.32 Å². The molecule has 6 heteroatoms. The zero-order valence-corrected chi connectivity index (χ0v) is 11.2. The highest BCUT2D eigenvalue weighted by Crippen LogP contribution is 2.11. The second-order valence-electron chi connectivity index (χ2n) is 4.91. The highest BCUT2D eigenvalue weighted by molar-refractivity contribution is 7.07. The van der Waals surface area contributed by atoms with Gasteiger partial charge >= 0.3 is 0 Å². The Kier molecular flexibility index (Phi) is 3.54. The third kappa shape index (κ3) is 3.34. The summed E-state index contributed by atoms with van der Waals surface area (Å²) >= 11 is 1.61. The van der Waals surface area contributed by atoms with Crippen molar-refractivity contribution >= 4 is 11.3 Å². The van der Waals surface area contributed by atoms with E-state index in [1.165, 1.54) is 0 Å². The second kappa shape index (κ2) is 4.93. The fourth-order valence-corrected chi connectivity index (χ4v) is 1.91. The molecule has 0 amide bonds. The number of nitrogens with one attached hydrogen (secondary N) is 1. The third-order valence-electron chi connectivity index (χ3n) is 2.32. The molecule has 0 saturated heterocycles. The summed E-state index contributed by atoms with van der Waals surface area (Å²) in [5.74, 6) is 0. The summed E-state index contributed by atoms with van der Waals surface area (Å²) in [5.41, 5.74) is 3.85. The van der Waals surface area contributed by atoms with Gasteiger partial charge in [0.05, 0.1) is 28.6 Å². The quantitative estimate of drug-likeness (QED) is 0.900. The van der Waals surface area contributed by atoms with Crippen LogP contribution >= 0.6 is 11.3 Å². The molecule has 0 fully saturated rings. The number of rotatable bonds is 4. The molecule has 2 rings (SSSR count). The highest BCUT2D eigenvalue weighted by atomic mass is 32.1. The van der Waals surface area contributed by atoms with Crippen LogP contribution in [0.3, 0.4) is 0 Å². The van der Waals surface area contributed by atoms with E-state index < -0.39 is 0 Å². The van der Waals surface area contributed by atoms with E-state index in [1.807, 2.05) is 21.8 Å². The zero-order chi connectivity index (χ0) is 12.3. The van der Waals surface area contributed by atoms with Crippen molar-refractivity contribution in [3.8, 4) is 0 Å². The third-order valence-corrected chi connectivity index (χ3v) is 2.96. The lowest BCUT2D eigenvalue weighted by Crippen LogP contribution is -2.22. The molecule has 0 unspecified atom stereocenters. The Bertz CT molecular complexity index is 454. The van der Waals surface area contributed by atoms with E-state index in [9.17, 15) is 0 Å². The first-order valence-electron chi connectivity index (χ1n) is 5.55. The van der Waals surface area contributed by atoms with Gasteiger partial charge in [-0.2, -0.15) is 0 Å². The van der Waals surface area contributed by atoms with Gasteiger partial charge in [0.25, 0.3) is 0 Å². The topological polar surface area (TPSA) is 55.6 Å². The van der Waals surface area contributed by atoms with E-state index in [0.29, 0.717) is 6.54 Å². The first-order chi connectivity index (χ1) is 8.05. The number of thiazole rings is 1. The Morgan fingerprint density at radius 1 is 1.29 bits per heavy atom. The lowest BCUT2D eigenvalue weighted by atomic mass is 10.1. The molecule has 0 saturated carbocycles. The molecule has 2 heterocycles. The molecule has 2 aromatic rings. The van der Waals surface area contributed by atoms with Crippen molar-refractivity contribution in [1.82, 2.24) is 25.3 Å². The van der Waals surface area contributed by atoms with Gasteiger partial charge in [0.2, 0.25) is 0 Å². The van der Waals surface area contributed by atoms with E-state index in [2.05, 4.69) is 41.4 Å². The van der Waals surface area contributed by atoms with Crippen molar-refractivity contribution in [2.24, 2.45) is 0 Å². The van der Waals surface area contributed by atoms with Crippen LogP contribution in [0.1, 0.15) is 32.2 Å². The Labute approximate surface area is 105 Å². The molecule has 0 aliphatic rings. The summed E-state index contributed by atoms with van der Waals surface area (Å²) in [7, 11) is 0. The van der Waals surface area contributed by atoms with E-state index in [1.54, 1.807) is 11.3 Å². The van der Waals surface area contributed by atoms with Crippen molar-refractivity contribution in [1.29, 1.82) is 0 Å². The van der Waals surface area contributed by atoms with Crippen LogP contribution in [0.25, 0.3) is 0 Å². The maximum absolute atomic E-state index is 4.21. The SMILES string of the molecule is CC(C)(C)n1cc(CNCc2cscn2)nn1. The smallest absolute Gasteiger partial charge is 0.0965 e. The van der Waals surface area contributed by atoms with E-state index in [0.717, 1.165) is 17.9 Å². The van der Waals surface area contributed by atoms with E-state index in [4.69, 9.17) is 0 Å². The molecule has 0 aliphatic heterocycles. The standard InChI is InChI=1S/C11H17N5S/c1-11(2,3)16-6-9(14-15-16)4-12-5-10-7-17-8-13-10/h6-8,12H,4-5H2,1-3H3. The fourth-order valence-electron chi connectivity index (χ4n) is 1.35. The molecule has 17 heavy (non-hydrogen) atoms. The first kappa shape index (κ1) is 12.2. The van der Waals surface area contributed by atoms with Crippen LogP contribution in [-0.4, -0.2) is 20.0 Å².